The average Bonchev–Trinajstić information content (AvgIpc) is 2.50. The number of rotatable bonds is 6. The first-order chi connectivity index (χ1) is 10.6. The van der Waals surface area contributed by atoms with E-state index in [1.165, 1.54) is 0 Å². The molecule has 22 heavy (non-hydrogen) atoms. The Labute approximate surface area is 135 Å². The molecular weight excluding hydrogens is 300 g/mol. The second-order valence-electron chi connectivity index (χ2n) is 4.93. The third-order valence-electron chi connectivity index (χ3n) is 2.82. The molecule has 1 N–H and O–H groups in total. The Morgan fingerprint density at radius 3 is 2.50 bits per heavy atom. The molecule has 4 nitrogen and oxygen atoms in total. The summed E-state index contributed by atoms with van der Waals surface area (Å²) in [5.74, 6) is 1.25. The van der Waals surface area contributed by atoms with Crippen LogP contribution >= 0.6 is 11.6 Å². The molecule has 116 valence electrons. The van der Waals surface area contributed by atoms with Crippen molar-refractivity contribution in [3.8, 4) is 11.5 Å². The zero-order valence-electron chi connectivity index (χ0n) is 12.8. The van der Waals surface area contributed by atoms with Crippen molar-refractivity contribution in [1.82, 2.24) is 0 Å². The third-order valence-corrected chi connectivity index (χ3v) is 3.14. The number of benzene rings is 2. The molecule has 0 amide bonds. The fraction of sp³-hybridized carbons (Fsp3) is 0.235. The van der Waals surface area contributed by atoms with Crippen LogP contribution in [0.15, 0.2) is 47.6 Å². The van der Waals surface area contributed by atoms with Gasteiger partial charge in [-0.25, -0.2) is 0 Å². The normalized spacial score (nSPS) is 11.0. The van der Waals surface area contributed by atoms with E-state index in [1.807, 2.05) is 44.2 Å². The molecule has 2 aromatic rings. The molecule has 0 saturated heterocycles. The van der Waals surface area contributed by atoms with Crippen molar-refractivity contribution in [2.24, 2.45) is 5.10 Å². The molecule has 0 bridgehead atoms. The van der Waals surface area contributed by atoms with E-state index in [2.05, 4.69) is 10.5 Å². The van der Waals surface area contributed by atoms with Gasteiger partial charge in [0.2, 0.25) is 0 Å². The molecule has 0 aliphatic heterocycles. The number of hydrazone groups is 1. The van der Waals surface area contributed by atoms with Crippen LogP contribution in [0.2, 0.25) is 5.02 Å². The monoisotopic (exact) mass is 318 g/mol. The van der Waals surface area contributed by atoms with Gasteiger partial charge in [0.25, 0.3) is 0 Å². The van der Waals surface area contributed by atoms with Gasteiger partial charge in [-0.15, -0.1) is 0 Å². The van der Waals surface area contributed by atoms with Crippen molar-refractivity contribution in [3.05, 3.63) is 53.1 Å². The zero-order valence-corrected chi connectivity index (χ0v) is 13.6. The van der Waals surface area contributed by atoms with Gasteiger partial charge >= 0.3 is 0 Å². The fourth-order valence-electron chi connectivity index (χ4n) is 1.84. The Morgan fingerprint density at radius 1 is 1.14 bits per heavy atom. The molecular formula is C17H19ClN2O2. The van der Waals surface area contributed by atoms with E-state index >= 15 is 0 Å². The number of nitrogens with one attached hydrogen (secondary N) is 1. The predicted molar refractivity (Wildman–Crippen MR) is 91.4 cm³/mol. The highest BCUT2D eigenvalue weighted by Gasteiger charge is 2.10. The number of nitrogens with zero attached hydrogens (tertiary/aromatic N) is 1. The fourth-order valence-corrected chi connectivity index (χ4v) is 2.05. The SMILES string of the molecule is COc1cc(C=NNc2ccccc2)c(Cl)cc1OC(C)C. The number of halogens is 1. The molecule has 0 aromatic heterocycles. The van der Waals surface area contributed by atoms with Crippen molar-refractivity contribution < 1.29 is 9.47 Å². The maximum Gasteiger partial charge on any atom is 0.163 e. The minimum absolute atomic E-state index is 0.0456. The lowest BCUT2D eigenvalue weighted by Crippen LogP contribution is -2.07. The maximum atomic E-state index is 6.27. The van der Waals surface area contributed by atoms with E-state index in [9.17, 15) is 0 Å². The smallest absolute Gasteiger partial charge is 0.163 e. The first-order valence-corrected chi connectivity index (χ1v) is 7.36. The summed E-state index contributed by atoms with van der Waals surface area (Å²) in [5, 5.41) is 4.73. The summed E-state index contributed by atoms with van der Waals surface area (Å²) in [5.41, 5.74) is 4.60. The Morgan fingerprint density at radius 2 is 1.86 bits per heavy atom. The Balaban J connectivity index is 2.17. The third kappa shape index (κ3) is 4.40. The van der Waals surface area contributed by atoms with Gasteiger partial charge in [-0.05, 0) is 32.0 Å². The summed E-state index contributed by atoms with van der Waals surface area (Å²) >= 11 is 6.27. The second kappa shape index (κ2) is 7.71. The van der Waals surface area contributed by atoms with Crippen molar-refractivity contribution in [2.45, 2.75) is 20.0 Å². The summed E-state index contributed by atoms with van der Waals surface area (Å²) in [4.78, 5) is 0. The van der Waals surface area contributed by atoms with E-state index in [0.29, 0.717) is 16.5 Å². The van der Waals surface area contributed by atoms with Gasteiger partial charge in [0.05, 0.1) is 30.1 Å². The van der Waals surface area contributed by atoms with Crippen molar-refractivity contribution in [1.29, 1.82) is 0 Å². The highest BCUT2D eigenvalue weighted by molar-refractivity contribution is 6.33. The minimum Gasteiger partial charge on any atom is -0.493 e. The first kappa shape index (κ1) is 16.2. The highest BCUT2D eigenvalue weighted by Crippen LogP contribution is 2.33. The van der Waals surface area contributed by atoms with Crippen LogP contribution in [-0.4, -0.2) is 19.4 Å². The summed E-state index contributed by atoms with van der Waals surface area (Å²) in [6.07, 6.45) is 1.70. The molecule has 5 heteroatoms. The highest BCUT2D eigenvalue weighted by atomic mass is 35.5. The molecule has 0 unspecified atom stereocenters. The molecule has 2 rings (SSSR count). The van der Waals surface area contributed by atoms with Crippen molar-refractivity contribution in [2.75, 3.05) is 12.5 Å². The number of anilines is 1. The zero-order chi connectivity index (χ0) is 15.9. The van der Waals surface area contributed by atoms with E-state index in [1.54, 1.807) is 25.5 Å². The largest absolute Gasteiger partial charge is 0.493 e. The molecule has 0 heterocycles. The lowest BCUT2D eigenvalue weighted by atomic mass is 10.2. The van der Waals surface area contributed by atoms with Crippen LogP contribution in [0, 0.1) is 0 Å². The van der Waals surface area contributed by atoms with Gasteiger partial charge in [-0.1, -0.05) is 29.8 Å². The molecule has 0 aliphatic rings. The van der Waals surface area contributed by atoms with E-state index in [0.717, 1.165) is 11.3 Å². The second-order valence-corrected chi connectivity index (χ2v) is 5.33. The molecule has 0 aliphatic carbocycles. The van der Waals surface area contributed by atoms with Crippen LogP contribution < -0.4 is 14.9 Å². The van der Waals surface area contributed by atoms with Crippen LogP contribution in [-0.2, 0) is 0 Å². The number of hydrogen-bond acceptors (Lipinski definition) is 4. The van der Waals surface area contributed by atoms with Gasteiger partial charge in [-0.3, -0.25) is 5.43 Å². The van der Waals surface area contributed by atoms with Crippen molar-refractivity contribution >= 4 is 23.5 Å². The van der Waals surface area contributed by atoms with Crippen LogP contribution in [0.3, 0.4) is 0 Å². The van der Waals surface area contributed by atoms with Crippen LogP contribution in [0.1, 0.15) is 19.4 Å². The number of methoxy groups -OCH3 is 1. The molecule has 0 atom stereocenters. The van der Waals surface area contributed by atoms with Gasteiger partial charge in [0.1, 0.15) is 0 Å². The van der Waals surface area contributed by atoms with Gasteiger partial charge in [0.15, 0.2) is 11.5 Å². The molecule has 0 fully saturated rings. The van der Waals surface area contributed by atoms with Gasteiger partial charge < -0.3 is 9.47 Å². The maximum absolute atomic E-state index is 6.27. The quantitative estimate of drug-likeness (QED) is 0.626. The number of para-hydroxylation sites is 1. The summed E-state index contributed by atoms with van der Waals surface area (Å²) in [6, 6.07) is 13.2. The van der Waals surface area contributed by atoms with E-state index < -0.39 is 0 Å². The summed E-state index contributed by atoms with van der Waals surface area (Å²) < 4.78 is 11.0. The standard InChI is InChI=1S/C17H19ClN2O2/c1-12(2)22-17-10-15(18)13(9-16(17)21-3)11-19-20-14-7-5-4-6-8-14/h4-12,20H,1-3H3. The molecule has 0 spiro atoms. The average molecular weight is 319 g/mol. The van der Waals surface area contributed by atoms with E-state index in [-0.39, 0.29) is 6.10 Å². The number of ether oxygens (including phenoxy) is 2. The van der Waals surface area contributed by atoms with Gasteiger partial charge in [-0.2, -0.15) is 5.10 Å². The Hall–Kier alpha value is -2.20. The minimum atomic E-state index is 0.0456. The van der Waals surface area contributed by atoms with Crippen molar-refractivity contribution in [3.63, 3.8) is 0 Å². The first-order valence-electron chi connectivity index (χ1n) is 6.98. The molecule has 0 saturated carbocycles. The topological polar surface area (TPSA) is 42.8 Å². The lowest BCUT2D eigenvalue weighted by molar-refractivity contribution is 0.230. The lowest BCUT2D eigenvalue weighted by Gasteiger charge is -2.14. The summed E-state index contributed by atoms with van der Waals surface area (Å²) in [6.45, 7) is 3.90. The molecule has 2 aromatic carbocycles. The Kier molecular flexibility index (Phi) is 5.67. The Bertz CT molecular complexity index is 643. The van der Waals surface area contributed by atoms with Crippen LogP contribution in [0.4, 0.5) is 5.69 Å². The number of hydrogen-bond donors (Lipinski definition) is 1. The van der Waals surface area contributed by atoms with Crippen LogP contribution in [0.25, 0.3) is 0 Å². The predicted octanol–water partition coefficient (Wildman–Crippen LogP) is 4.58. The van der Waals surface area contributed by atoms with Crippen LogP contribution in [0.5, 0.6) is 11.5 Å². The molecule has 0 radical (unpaired) electrons. The van der Waals surface area contributed by atoms with Gasteiger partial charge in [0, 0.05) is 11.6 Å². The van der Waals surface area contributed by atoms with E-state index in [4.69, 9.17) is 21.1 Å². The summed E-state index contributed by atoms with van der Waals surface area (Å²) in [7, 11) is 1.60.